The van der Waals surface area contributed by atoms with Crippen LogP contribution >= 0.6 is 0 Å². The molecule has 0 atom stereocenters. The van der Waals surface area contributed by atoms with Crippen LogP contribution in [-0.4, -0.2) is 38.1 Å². The Morgan fingerprint density at radius 2 is 2.15 bits per heavy atom. The van der Waals surface area contributed by atoms with Crippen LogP contribution in [0.5, 0.6) is 0 Å². The van der Waals surface area contributed by atoms with E-state index in [4.69, 9.17) is 4.74 Å². The molecule has 0 saturated heterocycles. The average Bonchev–Trinajstić information content (AvgIpc) is 2.10. The third-order valence-electron chi connectivity index (χ3n) is 1.42. The van der Waals surface area contributed by atoms with E-state index < -0.39 is 0 Å². The normalized spacial score (nSPS) is 11.5. The molecule has 0 saturated carbocycles. The first-order valence-electron chi connectivity index (χ1n) is 4.17. The largest absolute Gasteiger partial charge is 0.458 e. The third-order valence-corrected chi connectivity index (χ3v) is 1.42. The zero-order valence-electron chi connectivity index (χ0n) is 8.54. The standard InChI is InChI=1S/C10H17NO2/c1-5-8-13-10(12)9(2)6-7-11(3)4/h5-6H,1,7-8H2,2-4H3. The van der Waals surface area contributed by atoms with Gasteiger partial charge in [0, 0.05) is 12.1 Å². The first-order chi connectivity index (χ1) is 6.07. The van der Waals surface area contributed by atoms with Crippen molar-refractivity contribution in [2.45, 2.75) is 6.92 Å². The summed E-state index contributed by atoms with van der Waals surface area (Å²) >= 11 is 0. The highest BCUT2D eigenvalue weighted by atomic mass is 16.5. The van der Waals surface area contributed by atoms with E-state index >= 15 is 0 Å². The van der Waals surface area contributed by atoms with Crippen molar-refractivity contribution >= 4 is 5.97 Å². The molecule has 0 amide bonds. The minimum absolute atomic E-state index is 0.270. The Bertz CT molecular complexity index is 207. The Hall–Kier alpha value is -1.09. The maximum atomic E-state index is 11.2. The molecule has 3 heteroatoms. The Balaban J connectivity index is 3.93. The second kappa shape index (κ2) is 6.43. The van der Waals surface area contributed by atoms with Crippen molar-refractivity contribution in [1.82, 2.24) is 4.90 Å². The van der Waals surface area contributed by atoms with Crippen LogP contribution in [0.2, 0.25) is 0 Å². The zero-order chi connectivity index (χ0) is 10.3. The topological polar surface area (TPSA) is 29.5 Å². The van der Waals surface area contributed by atoms with Gasteiger partial charge < -0.3 is 9.64 Å². The van der Waals surface area contributed by atoms with E-state index in [0.29, 0.717) is 5.57 Å². The van der Waals surface area contributed by atoms with Crippen LogP contribution in [0.25, 0.3) is 0 Å². The number of carbonyl (C=O) groups excluding carboxylic acids is 1. The van der Waals surface area contributed by atoms with Gasteiger partial charge in [-0.3, -0.25) is 0 Å². The fourth-order valence-electron chi connectivity index (χ4n) is 0.651. The van der Waals surface area contributed by atoms with Gasteiger partial charge in [0.1, 0.15) is 6.61 Å². The molecule has 0 spiro atoms. The van der Waals surface area contributed by atoms with Gasteiger partial charge in [0.2, 0.25) is 0 Å². The predicted molar refractivity (Wildman–Crippen MR) is 53.5 cm³/mol. The smallest absolute Gasteiger partial charge is 0.333 e. The van der Waals surface area contributed by atoms with Gasteiger partial charge in [0.25, 0.3) is 0 Å². The Morgan fingerprint density at radius 3 is 2.62 bits per heavy atom. The van der Waals surface area contributed by atoms with Crippen LogP contribution in [0.15, 0.2) is 24.3 Å². The number of esters is 1. The summed E-state index contributed by atoms with van der Waals surface area (Å²) in [5, 5.41) is 0. The van der Waals surface area contributed by atoms with E-state index in [1.54, 1.807) is 13.0 Å². The van der Waals surface area contributed by atoms with E-state index in [9.17, 15) is 4.79 Å². The minimum atomic E-state index is -0.276. The molecular weight excluding hydrogens is 166 g/mol. The van der Waals surface area contributed by atoms with Gasteiger partial charge in [-0.1, -0.05) is 18.7 Å². The molecule has 0 bridgehead atoms. The highest BCUT2D eigenvalue weighted by molar-refractivity contribution is 5.87. The lowest BCUT2D eigenvalue weighted by Crippen LogP contribution is -2.13. The predicted octanol–water partition coefficient (Wildman–Crippen LogP) is 1.22. The number of carbonyl (C=O) groups is 1. The van der Waals surface area contributed by atoms with Gasteiger partial charge in [-0.15, -0.1) is 0 Å². The summed E-state index contributed by atoms with van der Waals surface area (Å²) in [7, 11) is 3.89. The maximum absolute atomic E-state index is 11.2. The van der Waals surface area contributed by atoms with Crippen LogP contribution in [0, 0.1) is 0 Å². The van der Waals surface area contributed by atoms with E-state index in [0.717, 1.165) is 6.54 Å². The maximum Gasteiger partial charge on any atom is 0.333 e. The second-order valence-electron chi connectivity index (χ2n) is 3.04. The molecular formula is C10H17NO2. The molecule has 0 unspecified atom stereocenters. The van der Waals surface area contributed by atoms with Crippen molar-refractivity contribution in [2.75, 3.05) is 27.2 Å². The zero-order valence-corrected chi connectivity index (χ0v) is 8.54. The first-order valence-corrected chi connectivity index (χ1v) is 4.17. The van der Waals surface area contributed by atoms with Gasteiger partial charge >= 0.3 is 5.97 Å². The molecule has 0 heterocycles. The quantitative estimate of drug-likeness (QED) is 0.364. The molecule has 0 radical (unpaired) electrons. The van der Waals surface area contributed by atoms with E-state index in [1.807, 2.05) is 25.1 Å². The molecule has 0 rings (SSSR count). The average molecular weight is 183 g/mol. The molecule has 0 aliphatic rings. The number of likely N-dealkylation sites (N-methyl/N-ethyl adjacent to an activating group) is 1. The summed E-state index contributed by atoms with van der Waals surface area (Å²) in [6.07, 6.45) is 3.39. The molecule has 0 aromatic carbocycles. The number of nitrogens with zero attached hydrogens (tertiary/aromatic N) is 1. The lowest BCUT2D eigenvalue weighted by molar-refractivity contribution is -0.137. The van der Waals surface area contributed by atoms with Crippen LogP contribution in [0.1, 0.15) is 6.92 Å². The van der Waals surface area contributed by atoms with Crippen molar-refractivity contribution in [1.29, 1.82) is 0 Å². The van der Waals surface area contributed by atoms with Gasteiger partial charge in [-0.25, -0.2) is 4.79 Å². The Labute approximate surface area is 79.7 Å². The molecule has 3 nitrogen and oxygen atoms in total. The third kappa shape index (κ3) is 6.11. The summed E-state index contributed by atoms with van der Waals surface area (Å²) < 4.78 is 4.84. The fourth-order valence-corrected chi connectivity index (χ4v) is 0.651. The lowest BCUT2D eigenvalue weighted by atomic mass is 10.3. The number of hydrogen-bond acceptors (Lipinski definition) is 3. The number of ether oxygens (including phenoxy) is 1. The van der Waals surface area contributed by atoms with Gasteiger partial charge in [0.15, 0.2) is 0 Å². The van der Waals surface area contributed by atoms with Crippen LogP contribution in [0.3, 0.4) is 0 Å². The molecule has 0 aliphatic carbocycles. The van der Waals surface area contributed by atoms with Gasteiger partial charge in [-0.05, 0) is 21.0 Å². The number of rotatable bonds is 5. The Kier molecular flexibility index (Phi) is 5.89. The van der Waals surface area contributed by atoms with Crippen molar-refractivity contribution in [3.63, 3.8) is 0 Å². The van der Waals surface area contributed by atoms with Crippen LogP contribution < -0.4 is 0 Å². The summed E-state index contributed by atoms with van der Waals surface area (Å²) in [5.74, 6) is -0.276. The highest BCUT2D eigenvalue weighted by Gasteiger charge is 2.03. The summed E-state index contributed by atoms with van der Waals surface area (Å²) in [6.45, 7) is 6.22. The molecule has 74 valence electrons. The highest BCUT2D eigenvalue weighted by Crippen LogP contribution is 1.96. The molecule has 0 aromatic rings. The van der Waals surface area contributed by atoms with Crippen LogP contribution in [0.4, 0.5) is 0 Å². The van der Waals surface area contributed by atoms with Crippen LogP contribution in [-0.2, 0) is 9.53 Å². The van der Waals surface area contributed by atoms with E-state index in [-0.39, 0.29) is 12.6 Å². The molecule has 0 fully saturated rings. The monoisotopic (exact) mass is 183 g/mol. The molecule has 0 aliphatic heterocycles. The van der Waals surface area contributed by atoms with Gasteiger partial charge in [0.05, 0.1) is 0 Å². The first kappa shape index (κ1) is 11.9. The Morgan fingerprint density at radius 1 is 1.54 bits per heavy atom. The minimum Gasteiger partial charge on any atom is -0.458 e. The second-order valence-corrected chi connectivity index (χ2v) is 3.04. The van der Waals surface area contributed by atoms with Gasteiger partial charge in [-0.2, -0.15) is 0 Å². The summed E-state index contributed by atoms with van der Waals surface area (Å²) in [4.78, 5) is 13.1. The van der Waals surface area contributed by atoms with E-state index in [1.165, 1.54) is 0 Å². The van der Waals surface area contributed by atoms with Crippen molar-refractivity contribution in [3.8, 4) is 0 Å². The SMILES string of the molecule is C=CCOC(=O)C(C)=CCN(C)C. The fraction of sp³-hybridized carbons (Fsp3) is 0.500. The lowest BCUT2D eigenvalue weighted by Gasteiger charge is -2.06. The van der Waals surface area contributed by atoms with Crippen molar-refractivity contribution in [2.24, 2.45) is 0 Å². The molecule has 0 aromatic heterocycles. The molecule has 0 N–H and O–H groups in total. The van der Waals surface area contributed by atoms with Crippen molar-refractivity contribution in [3.05, 3.63) is 24.3 Å². The summed E-state index contributed by atoms with van der Waals surface area (Å²) in [6, 6.07) is 0. The summed E-state index contributed by atoms with van der Waals surface area (Å²) in [5.41, 5.74) is 0.635. The van der Waals surface area contributed by atoms with Crippen molar-refractivity contribution < 1.29 is 9.53 Å². The molecule has 13 heavy (non-hydrogen) atoms. The van der Waals surface area contributed by atoms with E-state index in [2.05, 4.69) is 6.58 Å². The number of hydrogen-bond donors (Lipinski definition) is 0.